The number of hydrogen-bond donors (Lipinski definition) is 0. The van der Waals surface area contributed by atoms with E-state index in [1.165, 1.54) is 11.8 Å². The fraction of sp³-hybridized carbons (Fsp3) is 0.538. The van der Waals surface area contributed by atoms with Crippen molar-refractivity contribution in [3.8, 4) is 0 Å². The quantitative estimate of drug-likeness (QED) is 0.632. The zero-order valence-electron chi connectivity index (χ0n) is 10.7. The standard InChI is InChI=1S/C9H11FS.2C2H6/c1-3-7-4-5-9(11-2)8(10)6-7;2*1-2/h4-6H,3H2,1-2H3;2*1-2H3. The van der Waals surface area contributed by atoms with E-state index in [0.29, 0.717) is 0 Å². The second-order valence-corrected chi connectivity index (χ2v) is 3.17. The third kappa shape index (κ3) is 6.56. The number of aryl methyl sites for hydroxylation is 1. The fourth-order valence-corrected chi connectivity index (χ4v) is 1.39. The number of benzene rings is 1. The molecule has 0 heterocycles. The lowest BCUT2D eigenvalue weighted by molar-refractivity contribution is 0.600. The van der Waals surface area contributed by atoms with E-state index in [2.05, 4.69) is 0 Å². The Kier molecular flexibility index (Phi) is 13.1. The average Bonchev–Trinajstić information content (AvgIpc) is 2.34. The van der Waals surface area contributed by atoms with E-state index in [1.54, 1.807) is 6.07 Å². The lowest BCUT2D eigenvalue weighted by atomic mass is 10.2. The molecule has 0 amide bonds. The van der Waals surface area contributed by atoms with Crippen LogP contribution in [0, 0.1) is 5.82 Å². The molecule has 0 aromatic heterocycles. The van der Waals surface area contributed by atoms with Crippen LogP contribution in [0.3, 0.4) is 0 Å². The summed E-state index contributed by atoms with van der Waals surface area (Å²) < 4.78 is 13.0. The van der Waals surface area contributed by atoms with Crippen LogP contribution >= 0.6 is 11.8 Å². The van der Waals surface area contributed by atoms with Gasteiger partial charge in [-0.15, -0.1) is 11.8 Å². The van der Waals surface area contributed by atoms with Gasteiger partial charge < -0.3 is 0 Å². The van der Waals surface area contributed by atoms with Crippen molar-refractivity contribution < 1.29 is 4.39 Å². The first-order chi connectivity index (χ1) is 7.27. The molecule has 88 valence electrons. The predicted octanol–water partition coefficient (Wildman–Crippen LogP) is 5.16. The highest BCUT2D eigenvalue weighted by atomic mass is 32.2. The molecule has 1 rings (SSSR count). The van der Waals surface area contributed by atoms with Crippen molar-refractivity contribution >= 4 is 11.8 Å². The van der Waals surface area contributed by atoms with Crippen molar-refractivity contribution in [1.29, 1.82) is 0 Å². The van der Waals surface area contributed by atoms with Crippen molar-refractivity contribution in [3.05, 3.63) is 29.6 Å². The van der Waals surface area contributed by atoms with Crippen molar-refractivity contribution in [2.45, 2.75) is 45.9 Å². The molecular weight excluding hydrogens is 207 g/mol. The summed E-state index contributed by atoms with van der Waals surface area (Å²) >= 11 is 1.44. The van der Waals surface area contributed by atoms with E-state index in [9.17, 15) is 4.39 Å². The predicted molar refractivity (Wildman–Crippen MR) is 70.3 cm³/mol. The first kappa shape index (κ1) is 16.9. The molecule has 1 aromatic rings. The summed E-state index contributed by atoms with van der Waals surface area (Å²) in [6.07, 6.45) is 2.77. The fourth-order valence-electron chi connectivity index (χ4n) is 0.930. The number of thioether (sulfide) groups is 1. The van der Waals surface area contributed by atoms with Crippen molar-refractivity contribution in [3.63, 3.8) is 0 Å². The molecule has 0 saturated heterocycles. The molecule has 0 spiro atoms. The maximum Gasteiger partial charge on any atom is 0.137 e. The summed E-state index contributed by atoms with van der Waals surface area (Å²) in [5, 5.41) is 0. The van der Waals surface area contributed by atoms with E-state index in [-0.39, 0.29) is 5.82 Å². The maximum absolute atomic E-state index is 13.0. The van der Waals surface area contributed by atoms with E-state index in [4.69, 9.17) is 0 Å². The summed E-state index contributed by atoms with van der Waals surface area (Å²) in [6, 6.07) is 5.40. The Balaban J connectivity index is 0. The highest BCUT2D eigenvalue weighted by molar-refractivity contribution is 7.98. The van der Waals surface area contributed by atoms with Crippen molar-refractivity contribution in [2.24, 2.45) is 0 Å². The molecule has 0 nitrogen and oxygen atoms in total. The van der Waals surface area contributed by atoms with Crippen LogP contribution < -0.4 is 0 Å². The molecule has 1 aromatic carbocycles. The van der Waals surface area contributed by atoms with Crippen molar-refractivity contribution in [2.75, 3.05) is 6.26 Å². The van der Waals surface area contributed by atoms with Gasteiger partial charge in [0.15, 0.2) is 0 Å². The Hall–Kier alpha value is -0.500. The number of halogens is 1. The Morgan fingerprint density at radius 2 is 1.67 bits per heavy atom. The largest absolute Gasteiger partial charge is 0.206 e. The first-order valence-electron chi connectivity index (χ1n) is 5.60. The molecule has 0 unspecified atom stereocenters. The summed E-state index contributed by atoms with van der Waals surface area (Å²) in [5.74, 6) is -0.100. The zero-order valence-corrected chi connectivity index (χ0v) is 11.5. The monoisotopic (exact) mass is 230 g/mol. The Bertz CT molecular complexity index is 246. The van der Waals surface area contributed by atoms with Gasteiger partial charge in [0.2, 0.25) is 0 Å². The maximum atomic E-state index is 13.0. The molecule has 0 aliphatic heterocycles. The van der Waals surface area contributed by atoms with Gasteiger partial charge in [-0.05, 0) is 30.4 Å². The van der Waals surface area contributed by atoms with Crippen molar-refractivity contribution in [1.82, 2.24) is 0 Å². The van der Waals surface area contributed by atoms with E-state index >= 15 is 0 Å². The topological polar surface area (TPSA) is 0 Å². The zero-order chi connectivity index (χ0) is 12.3. The molecule has 0 N–H and O–H groups in total. The van der Waals surface area contributed by atoms with E-state index < -0.39 is 0 Å². The minimum Gasteiger partial charge on any atom is -0.206 e. The lowest BCUT2D eigenvalue weighted by Gasteiger charge is -2.00. The van der Waals surface area contributed by atoms with Crippen LogP contribution in [-0.2, 0) is 6.42 Å². The minimum atomic E-state index is -0.100. The van der Waals surface area contributed by atoms with Gasteiger partial charge >= 0.3 is 0 Å². The Morgan fingerprint density at radius 1 is 1.13 bits per heavy atom. The second-order valence-electron chi connectivity index (χ2n) is 2.32. The highest BCUT2D eigenvalue weighted by Gasteiger charge is 1.99. The van der Waals surface area contributed by atoms with Gasteiger partial charge in [-0.2, -0.15) is 0 Å². The summed E-state index contributed by atoms with van der Waals surface area (Å²) in [6.45, 7) is 10.0. The summed E-state index contributed by atoms with van der Waals surface area (Å²) in [4.78, 5) is 0.724. The van der Waals surface area contributed by atoms with Gasteiger partial charge in [0.1, 0.15) is 5.82 Å². The van der Waals surface area contributed by atoms with E-state index in [1.807, 2.05) is 53.0 Å². The number of hydrogen-bond acceptors (Lipinski definition) is 1. The molecule has 0 fully saturated rings. The van der Waals surface area contributed by atoms with Crippen LogP contribution in [0.15, 0.2) is 23.1 Å². The van der Waals surface area contributed by atoms with Crippen LogP contribution in [0.2, 0.25) is 0 Å². The van der Waals surface area contributed by atoms with Gasteiger partial charge in [-0.25, -0.2) is 4.39 Å². The summed E-state index contributed by atoms with van der Waals surface area (Å²) in [5.41, 5.74) is 1.06. The minimum absolute atomic E-state index is 0.100. The van der Waals surface area contributed by atoms with Crippen LogP contribution in [0.5, 0.6) is 0 Å². The van der Waals surface area contributed by atoms with Gasteiger partial charge in [-0.3, -0.25) is 0 Å². The molecule has 0 radical (unpaired) electrons. The Labute approximate surface area is 98.3 Å². The molecule has 2 heteroatoms. The van der Waals surface area contributed by atoms with Crippen LogP contribution in [0.4, 0.5) is 4.39 Å². The second kappa shape index (κ2) is 11.6. The first-order valence-corrected chi connectivity index (χ1v) is 6.82. The smallest absolute Gasteiger partial charge is 0.137 e. The highest BCUT2D eigenvalue weighted by Crippen LogP contribution is 2.19. The summed E-state index contributed by atoms with van der Waals surface area (Å²) in [7, 11) is 0. The van der Waals surface area contributed by atoms with Crippen LogP contribution in [-0.4, -0.2) is 6.26 Å². The van der Waals surface area contributed by atoms with Crippen LogP contribution in [0.1, 0.15) is 40.2 Å². The molecular formula is C13H23FS. The molecule has 0 aliphatic carbocycles. The Morgan fingerprint density at radius 3 is 2.00 bits per heavy atom. The molecule has 0 saturated carbocycles. The SMILES string of the molecule is CC.CC.CCc1ccc(SC)c(F)c1. The number of rotatable bonds is 2. The van der Waals surface area contributed by atoms with Crippen LogP contribution in [0.25, 0.3) is 0 Å². The lowest BCUT2D eigenvalue weighted by Crippen LogP contribution is -1.84. The molecule has 0 bridgehead atoms. The van der Waals surface area contributed by atoms with Gasteiger partial charge in [0.25, 0.3) is 0 Å². The van der Waals surface area contributed by atoms with Gasteiger partial charge in [-0.1, -0.05) is 40.7 Å². The third-order valence-electron chi connectivity index (χ3n) is 1.62. The van der Waals surface area contributed by atoms with E-state index in [0.717, 1.165) is 16.9 Å². The van der Waals surface area contributed by atoms with Gasteiger partial charge in [0, 0.05) is 4.90 Å². The molecule has 0 aliphatic rings. The third-order valence-corrected chi connectivity index (χ3v) is 2.40. The molecule has 15 heavy (non-hydrogen) atoms. The normalized spacial score (nSPS) is 8.20. The van der Waals surface area contributed by atoms with Gasteiger partial charge in [0.05, 0.1) is 0 Å². The molecule has 0 atom stereocenters. The average molecular weight is 230 g/mol.